The zero-order valence-electron chi connectivity index (χ0n) is 22.8. The molecule has 1 aliphatic rings. The maximum atomic E-state index is 13.5. The minimum atomic E-state index is -3.63. The molecule has 2 aromatic carbocycles. The van der Waals surface area contributed by atoms with Crippen LogP contribution < -0.4 is 10.1 Å². The summed E-state index contributed by atoms with van der Waals surface area (Å²) in [5.74, 6) is 0.429. The van der Waals surface area contributed by atoms with Crippen LogP contribution in [0.2, 0.25) is 0 Å². The second-order valence-corrected chi connectivity index (χ2v) is 11.9. The third-order valence-corrected chi connectivity index (χ3v) is 9.04. The molecule has 0 radical (unpaired) electrons. The van der Waals surface area contributed by atoms with Crippen molar-refractivity contribution < 1.29 is 22.7 Å². The smallest absolute Gasteiger partial charge is 0.243 e. The molecule has 1 fully saturated rings. The molecule has 1 N–H and O–H groups in total. The average molecular weight is 544 g/mol. The van der Waals surface area contributed by atoms with E-state index in [-0.39, 0.29) is 42.3 Å². The van der Waals surface area contributed by atoms with Gasteiger partial charge in [0.25, 0.3) is 0 Å². The molecule has 1 unspecified atom stereocenters. The summed E-state index contributed by atoms with van der Waals surface area (Å²) in [6, 6.07) is 15.3. The Bertz CT molecular complexity index is 1130. The first-order valence-electron chi connectivity index (χ1n) is 13.5. The SMILES string of the molecule is CCC(C(=O)NC1CCCCC1)N(Cc1ccc(OC)cc1)C(=O)CCCN(C)S(=O)(=O)c1ccccc1. The number of carbonyl (C=O) groups excluding carboxylic acids is 2. The number of benzene rings is 2. The third-order valence-electron chi connectivity index (χ3n) is 7.16. The number of sulfonamides is 1. The van der Waals surface area contributed by atoms with Gasteiger partial charge in [-0.05, 0) is 55.5 Å². The maximum Gasteiger partial charge on any atom is 0.243 e. The number of carbonyl (C=O) groups is 2. The lowest BCUT2D eigenvalue weighted by Crippen LogP contribution is -2.51. The van der Waals surface area contributed by atoms with Gasteiger partial charge in [0.1, 0.15) is 11.8 Å². The van der Waals surface area contributed by atoms with Gasteiger partial charge in [0.2, 0.25) is 21.8 Å². The Balaban J connectivity index is 1.70. The van der Waals surface area contributed by atoms with Gasteiger partial charge in [-0.3, -0.25) is 9.59 Å². The van der Waals surface area contributed by atoms with E-state index in [1.165, 1.54) is 17.8 Å². The van der Waals surface area contributed by atoms with Crippen molar-refractivity contribution in [3.63, 3.8) is 0 Å². The molecule has 0 heterocycles. The van der Waals surface area contributed by atoms with Crippen molar-refractivity contribution in [1.82, 2.24) is 14.5 Å². The van der Waals surface area contributed by atoms with Gasteiger partial charge in [-0.1, -0.05) is 56.5 Å². The summed E-state index contributed by atoms with van der Waals surface area (Å²) in [7, 11) is -0.509. The molecule has 208 valence electrons. The van der Waals surface area contributed by atoms with E-state index in [2.05, 4.69) is 5.32 Å². The lowest BCUT2D eigenvalue weighted by Gasteiger charge is -2.33. The van der Waals surface area contributed by atoms with Crippen molar-refractivity contribution >= 4 is 21.8 Å². The van der Waals surface area contributed by atoms with Crippen molar-refractivity contribution in [2.24, 2.45) is 0 Å². The molecule has 0 saturated heterocycles. The molecule has 8 nitrogen and oxygen atoms in total. The van der Waals surface area contributed by atoms with Crippen LogP contribution in [-0.4, -0.2) is 62.2 Å². The van der Waals surface area contributed by atoms with Crippen LogP contribution in [-0.2, 0) is 26.2 Å². The van der Waals surface area contributed by atoms with E-state index in [0.717, 1.165) is 37.0 Å². The second kappa shape index (κ2) is 14.3. The van der Waals surface area contributed by atoms with Gasteiger partial charge in [0.15, 0.2) is 0 Å². The largest absolute Gasteiger partial charge is 0.497 e. The van der Waals surface area contributed by atoms with Crippen LogP contribution in [0.3, 0.4) is 0 Å². The van der Waals surface area contributed by atoms with Gasteiger partial charge >= 0.3 is 0 Å². The summed E-state index contributed by atoms with van der Waals surface area (Å²) in [6.07, 6.45) is 6.32. The molecule has 0 aromatic heterocycles. The van der Waals surface area contributed by atoms with E-state index in [4.69, 9.17) is 4.74 Å². The Morgan fingerprint density at radius 2 is 1.68 bits per heavy atom. The lowest BCUT2D eigenvalue weighted by atomic mass is 9.95. The first-order chi connectivity index (χ1) is 18.3. The minimum absolute atomic E-state index is 0.120. The summed E-state index contributed by atoms with van der Waals surface area (Å²) in [5, 5.41) is 3.18. The van der Waals surface area contributed by atoms with Gasteiger partial charge in [0, 0.05) is 32.6 Å². The molecule has 0 spiro atoms. The highest BCUT2D eigenvalue weighted by Gasteiger charge is 2.30. The van der Waals surface area contributed by atoms with Gasteiger partial charge < -0.3 is 15.0 Å². The zero-order valence-corrected chi connectivity index (χ0v) is 23.6. The van der Waals surface area contributed by atoms with Crippen LogP contribution in [0.15, 0.2) is 59.5 Å². The highest BCUT2D eigenvalue weighted by atomic mass is 32.2. The summed E-state index contributed by atoms with van der Waals surface area (Å²) in [6.45, 7) is 2.40. The topological polar surface area (TPSA) is 96.0 Å². The molecule has 1 saturated carbocycles. The Morgan fingerprint density at radius 1 is 1.03 bits per heavy atom. The highest BCUT2D eigenvalue weighted by molar-refractivity contribution is 7.89. The van der Waals surface area contributed by atoms with E-state index in [1.54, 1.807) is 42.3 Å². The second-order valence-electron chi connectivity index (χ2n) is 9.88. The molecule has 0 aliphatic heterocycles. The molecule has 3 rings (SSSR count). The molecule has 0 bridgehead atoms. The van der Waals surface area contributed by atoms with E-state index in [1.807, 2.05) is 31.2 Å². The standard InChI is InChI=1S/C29H41N3O5S/c1-4-27(29(34)30-24-12-7-5-8-13-24)32(22-23-17-19-25(37-3)20-18-23)28(33)16-11-21-31(2)38(35,36)26-14-9-6-10-15-26/h6,9-10,14-15,17-20,24,27H,4-5,7-8,11-13,16,21-22H2,1-3H3,(H,30,34). The highest BCUT2D eigenvalue weighted by Crippen LogP contribution is 2.21. The van der Waals surface area contributed by atoms with Crippen LogP contribution in [0.5, 0.6) is 5.75 Å². The van der Waals surface area contributed by atoms with Crippen LogP contribution in [0.1, 0.15) is 63.9 Å². The monoisotopic (exact) mass is 543 g/mol. The number of hydrogen-bond donors (Lipinski definition) is 1. The van der Waals surface area contributed by atoms with Crippen molar-refractivity contribution in [3.05, 3.63) is 60.2 Å². The van der Waals surface area contributed by atoms with Crippen LogP contribution in [0.25, 0.3) is 0 Å². The lowest BCUT2D eigenvalue weighted by molar-refractivity contribution is -0.141. The summed E-state index contributed by atoms with van der Waals surface area (Å²) in [5.41, 5.74) is 0.895. The van der Waals surface area contributed by atoms with Gasteiger partial charge in [0.05, 0.1) is 12.0 Å². The zero-order chi connectivity index (χ0) is 27.5. The van der Waals surface area contributed by atoms with E-state index < -0.39 is 16.1 Å². The normalized spacial score (nSPS) is 15.2. The number of ether oxygens (including phenoxy) is 1. The molecular weight excluding hydrogens is 502 g/mol. The van der Waals surface area contributed by atoms with E-state index >= 15 is 0 Å². The van der Waals surface area contributed by atoms with Crippen molar-refractivity contribution in [2.75, 3.05) is 20.7 Å². The Labute approximate surface area is 227 Å². The van der Waals surface area contributed by atoms with Gasteiger partial charge in [-0.15, -0.1) is 0 Å². The van der Waals surface area contributed by atoms with Gasteiger partial charge in [-0.2, -0.15) is 0 Å². The first kappa shape index (κ1) is 29.6. The van der Waals surface area contributed by atoms with E-state index in [9.17, 15) is 18.0 Å². The van der Waals surface area contributed by atoms with Crippen molar-refractivity contribution in [1.29, 1.82) is 0 Å². The molecule has 2 amide bonds. The Kier molecular flexibility index (Phi) is 11.2. The van der Waals surface area contributed by atoms with Crippen LogP contribution >= 0.6 is 0 Å². The predicted molar refractivity (Wildman–Crippen MR) is 148 cm³/mol. The molecule has 1 atom stereocenters. The number of amides is 2. The van der Waals surface area contributed by atoms with Crippen molar-refractivity contribution in [2.45, 2.75) is 81.8 Å². The van der Waals surface area contributed by atoms with Crippen LogP contribution in [0.4, 0.5) is 0 Å². The average Bonchev–Trinajstić information content (AvgIpc) is 2.94. The van der Waals surface area contributed by atoms with Gasteiger partial charge in [-0.25, -0.2) is 12.7 Å². The number of hydrogen-bond acceptors (Lipinski definition) is 5. The Morgan fingerprint density at radius 3 is 2.29 bits per heavy atom. The third kappa shape index (κ3) is 8.04. The molecule has 1 aliphatic carbocycles. The summed E-state index contributed by atoms with van der Waals surface area (Å²) >= 11 is 0. The predicted octanol–water partition coefficient (Wildman–Crippen LogP) is 4.35. The summed E-state index contributed by atoms with van der Waals surface area (Å²) < 4.78 is 32.2. The fourth-order valence-electron chi connectivity index (χ4n) is 4.88. The summed E-state index contributed by atoms with van der Waals surface area (Å²) in [4.78, 5) is 28.7. The maximum absolute atomic E-state index is 13.5. The number of rotatable bonds is 13. The number of nitrogens with zero attached hydrogens (tertiary/aromatic N) is 2. The molecular formula is C29H41N3O5S. The Hall–Kier alpha value is -2.91. The minimum Gasteiger partial charge on any atom is -0.497 e. The fourth-order valence-corrected chi connectivity index (χ4v) is 6.11. The molecule has 2 aromatic rings. The number of methoxy groups -OCH3 is 1. The first-order valence-corrected chi connectivity index (χ1v) is 14.9. The molecule has 9 heteroatoms. The quantitative estimate of drug-likeness (QED) is 0.405. The van der Waals surface area contributed by atoms with Crippen LogP contribution in [0, 0.1) is 0 Å². The number of nitrogens with one attached hydrogen (secondary N) is 1. The molecule has 38 heavy (non-hydrogen) atoms. The van der Waals surface area contributed by atoms with E-state index in [0.29, 0.717) is 12.8 Å². The fraction of sp³-hybridized carbons (Fsp3) is 0.517. The van der Waals surface area contributed by atoms with Crippen molar-refractivity contribution in [3.8, 4) is 5.75 Å².